The summed E-state index contributed by atoms with van der Waals surface area (Å²) in [7, 11) is 0. The third-order valence-electron chi connectivity index (χ3n) is 3.10. The maximum atomic E-state index is 6.31. The van der Waals surface area contributed by atoms with Crippen LogP contribution in [0.5, 0.6) is 0 Å². The van der Waals surface area contributed by atoms with E-state index in [9.17, 15) is 0 Å². The molecule has 0 aliphatic heterocycles. The fraction of sp³-hybridized carbons (Fsp3) is 0.500. The molecule has 0 bridgehead atoms. The van der Waals surface area contributed by atoms with Gasteiger partial charge in [0, 0.05) is 22.7 Å². The lowest BCUT2D eigenvalue weighted by molar-refractivity contribution is 0.568. The second kappa shape index (κ2) is 5.67. The Hall–Kier alpha value is -1.13. The summed E-state index contributed by atoms with van der Waals surface area (Å²) in [4.78, 5) is 2.79. The number of thiophene rings is 1. The number of rotatable bonds is 5. The molecular formula is C14H21N3S. The molecule has 1 unspecified atom stereocenters. The summed E-state index contributed by atoms with van der Waals surface area (Å²) in [5.74, 6) is 0. The van der Waals surface area contributed by atoms with E-state index in [-0.39, 0.29) is 6.04 Å². The lowest BCUT2D eigenvalue weighted by Crippen LogP contribution is -2.17. The van der Waals surface area contributed by atoms with Crippen LogP contribution in [0.1, 0.15) is 41.0 Å². The molecule has 0 spiro atoms. The molecule has 2 N–H and O–H groups in total. The van der Waals surface area contributed by atoms with Gasteiger partial charge in [-0.2, -0.15) is 5.10 Å². The number of nitrogens with two attached hydrogens (primary N) is 1. The van der Waals surface area contributed by atoms with Crippen LogP contribution in [0.25, 0.3) is 0 Å². The SMILES string of the molecule is CCc1ccc(CC(N)c2cc(C)nn2CC)s1. The second-order valence-electron chi connectivity index (χ2n) is 4.56. The van der Waals surface area contributed by atoms with Gasteiger partial charge in [0.1, 0.15) is 0 Å². The lowest BCUT2D eigenvalue weighted by Gasteiger charge is -2.12. The van der Waals surface area contributed by atoms with Crippen LogP contribution in [-0.2, 0) is 19.4 Å². The first-order valence-corrected chi connectivity index (χ1v) is 7.33. The quantitative estimate of drug-likeness (QED) is 0.901. The Balaban J connectivity index is 2.13. The van der Waals surface area contributed by atoms with Gasteiger partial charge < -0.3 is 5.73 Å². The van der Waals surface area contributed by atoms with E-state index in [1.807, 2.05) is 22.9 Å². The fourth-order valence-corrected chi connectivity index (χ4v) is 3.18. The van der Waals surface area contributed by atoms with Gasteiger partial charge in [-0.05, 0) is 38.5 Å². The summed E-state index contributed by atoms with van der Waals surface area (Å²) in [5, 5.41) is 4.45. The van der Waals surface area contributed by atoms with E-state index in [0.29, 0.717) is 0 Å². The van der Waals surface area contributed by atoms with E-state index in [1.165, 1.54) is 9.75 Å². The van der Waals surface area contributed by atoms with Crippen molar-refractivity contribution >= 4 is 11.3 Å². The van der Waals surface area contributed by atoms with E-state index in [4.69, 9.17) is 5.73 Å². The molecule has 2 rings (SSSR count). The monoisotopic (exact) mass is 263 g/mol. The van der Waals surface area contributed by atoms with Gasteiger partial charge in [-0.1, -0.05) is 6.92 Å². The fourth-order valence-electron chi connectivity index (χ4n) is 2.16. The van der Waals surface area contributed by atoms with Crippen LogP contribution < -0.4 is 5.73 Å². The Morgan fingerprint density at radius 1 is 1.33 bits per heavy atom. The van der Waals surface area contributed by atoms with Crippen LogP contribution in [0.3, 0.4) is 0 Å². The number of aromatic nitrogens is 2. The van der Waals surface area contributed by atoms with E-state index >= 15 is 0 Å². The Kier molecular flexibility index (Phi) is 4.19. The average molecular weight is 263 g/mol. The van der Waals surface area contributed by atoms with Crippen molar-refractivity contribution in [3.05, 3.63) is 39.3 Å². The summed E-state index contributed by atoms with van der Waals surface area (Å²) in [5.41, 5.74) is 8.50. The molecule has 18 heavy (non-hydrogen) atoms. The second-order valence-corrected chi connectivity index (χ2v) is 5.81. The Morgan fingerprint density at radius 2 is 2.06 bits per heavy atom. The topological polar surface area (TPSA) is 43.8 Å². The van der Waals surface area contributed by atoms with E-state index < -0.39 is 0 Å². The molecule has 2 heterocycles. The highest BCUT2D eigenvalue weighted by atomic mass is 32.1. The van der Waals surface area contributed by atoms with Gasteiger partial charge in [0.05, 0.1) is 17.4 Å². The minimum atomic E-state index is 0.0366. The van der Waals surface area contributed by atoms with Crippen molar-refractivity contribution in [2.45, 2.75) is 46.2 Å². The minimum Gasteiger partial charge on any atom is -0.322 e. The zero-order valence-electron chi connectivity index (χ0n) is 11.3. The van der Waals surface area contributed by atoms with Crippen molar-refractivity contribution in [3.8, 4) is 0 Å². The molecule has 0 radical (unpaired) electrons. The molecule has 4 heteroatoms. The number of aryl methyl sites for hydroxylation is 3. The molecular weight excluding hydrogens is 242 g/mol. The summed E-state index contributed by atoms with van der Waals surface area (Å²) in [6, 6.07) is 6.54. The van der Waals surface area contributed by atoms with Gasteiger partial charge in [-0.15, -0.1) is 11.3 Å². The molecule has 1 atom stereocenters. The van der Waals surface area contributed by atoms with Crippen LogP contribution in [0.4, 0.5) is 0 Å². The van der Waals surface area contributed by atoms with Gasteiger partial charge in [0.2, 0.25) is 0 Å². The highest BCUT2D eigenvalue weighted by Crippen LogP contribution is 2.23. The zero-order chi connectivity index (χ0) is 13.1. The molecule has 0 saturated carbocycles. The molecule has 98 valence electrons. The third kappa shape index (κ3) is 2.82. The van der Waals surface area contributed by atoms with Gasteiger partial charge in [0.25, 0.3) is 0 Å². The molecule has 2 aromatic rings. The van der Waals surface area contributed by atoms with Crippen molar-refractivity contribution in [3.63, 3.8) is 0 Å². The van der Waals surface area contributed by atoms with Gasteiger partial charge in [-0.3, -0.25) is 4.68 Å². The molecule has 0 amide bonds. The predicted molar refractivity (Wildman–Crippen MR) is 77.0 cm³/mol. The third-order valence-corrected chi connectivity index (χ3v) is 4.35. The largest absolute Gasteiger partial charge is 0.322 e. The van der Waals surface area contributed by atoms with Crippen molar-refractivity contribution < 1.29 is 0 Å². The van der Waals surface area contributed by atoms with Crippen molar-refractivity contribution in [2.75, 3.05) is 0 Å². The first-order valence-electron chi connectivity index (χ1n) is 6.51. The highest BCUT2D eigenvalue weighted by molar-refractivity contribution is 7.11. The van der Waals surface area contributed by atoms with E-state index in [0.717, 1.165) is 30.8 Å². The van der Waals surface area contributed by atoms with Gasteiger partial charge >= 0.3 is 0 Å². The zero-order valence-corrected chi connectivity index (χ0v) is 12.1. The molecule has 3 nitrogen and oxygen atoms in total. The Bertz CT molecular complexity index is 513. The summed E-state index contributed by atoms with van der Waals surface area (Å²) >= 11 is 1.87. The molecule has 0 aliphatic rings. The highest BCUT2D eigenvalue weighted by Gasteiger charge is 2.14. The standard InChI is InChI=1S/C14H21N3S/c1-4-11-6-7-12(18-11)9-13(15)14-8-10(3)16-17(14)5-2/h6-8,13H,4-5,9,15H2,1-3H3. The first-order chi connectivity index (χ1) is 8.63. The number of nitrogens with zero attached hydrogens (tertiary/aromatic N) is 2. The maximum absolute atomic E-state index is 6.31. The van der Waals surface area contributed by atoms with Gasteiger partial charge in [0.15, 0.2) is 0 Å². The minimum absolute atomic E-state index is 0.0366. The number of hydrogen-bond donors (Lipinski definition) is 1. The first kappa shape index (κ1) is 13.3. The van der Waals surface area contributed by atoms with Gasteiger partial charge in [-0.25, -0.2) is 0 Å². The summed E-state index contributed by atoms with van der Waals surface area (Å²) in [6.07, 6.45) is 2.00. The maximum Gasteiger partial charge on any atom is 0.0597 e. The van der Waals surface area contributed by atoms with E-state index in [2.05, 4.69) is 37.1 Å². The van der Waals surface area contributed by atoms with Crippen molar-refractivity contribution in [2.24, 2.45) is 5.73 Å². The summed E-state index contributed by atoms with van der Waals surface area (Å²) in [6.45, 7) is 7.18. The predicted octanol–water partition coefficient (Wildman–Crippen LogP) is 3.08. The van der Waals surface area contributed by atoms with Crippen LogP contribution in [-0.4, -0.2) is 9.78 Å². The molecule has 0 aromatic carbocycles. The Morgan fingerprint density at radius 3 is 2.67 bits per heavy atom. The average Bonchev–Trinajstić information content (AvgIpc) is 2.95. The Labute approximate surface area is 113 Å². The van der Waals surface area contributed by atoms with Crippen LogP contribution >= 0.6 is 11.3 Å². The van der Waals surface area contributed by atoms with Crippen LogP contribution in [0.2, 0.25) is 0 Å². The molecule has 0 saturated heterocycles. The van der Waals surface area contributed by atoms with Crippen molar-refractivity contribution in [1.82, 2.24) is 9.78 Å². The molecule has 2 aromatic heterocycles. The van der Waals surface area contributed by atoms with Crippen LogP contribution in [0.15, 0.2) is 18.2 Å². The van der Waals surface area contributed by atoms with E-state index in [1.54, 1.807) is 0 Å². The molecule has 0 fully saturated rings. The smallest absolute Gasteiger partial charge is 0.0597 e. The number of hydrogen-bond acceptors (Lipinski definition) is 3. The van der Waals surface area contributed by atoms with Crippen molar-refractivity contribution in [1.29, 1.82) is 0 Å². The van der Waals surface area contributed by atoms with Crippen LogP contribution in [0, 0.1) is 6.92 Å². The molecule has 0 aliphatic carbocycles. The lowest BCUT2D eigenvalue weighted by atomic mass is 10.1. The summed E-state index contributed by atoms with van der Waals surface area (Å²) < 4.78 is 2.01. The normalized spacial score (nSPS) is 12.9.